The minimum atomic E-state index is -3.31. The summed E-state index contributed by atoms with van der Waals surface area (Å²) in [5.41, 5.74) is -0.768. The molecule has 0 spiro atoms. The zero-order chi connectivity index (χ0) is 18.0. The fourth-order valence-electron chi connectivity index (χ4n) is 2.77. The number of hydrogen-bond donors (Lipinski definition) is 1. The minimum absolute atomic E-state index is 0.196. The van der Waals surface area contributed by atoms with Crippen LogP contribution in [0.5, 0.6) is 0 Å². The number of sulfone groups is 1. The quantitative estimate of drug-likeness (QED) is 0.755. The lowest BCUT2D eigenvalue weighted by atomic mass is 9.85. The summed E-state index contributed by atoms with van der Waals surface area (Å²) < 4.78 is 35.9. The summed E-state index contributed by atoms with van der Waals surface area (Å²) in [6.07, 6.45) is 2.92. The molecule has 1 fully saturated rings. The number of hydrogen-bond acceptors (Lipinski definition) is 4. The Morgan fingerprint density at radius 1 is 1.21 bits per heavy atom. The van der Waals surface area contributed by atoms with Crippen LogP contribution in [0, 0.1) is 5.82 Å². The van der Waals surface area contributed by atoms with E-state index in [1.165, 1.54) is 24.3 Å². The number of carbonyl (C=O) groups is 2. The van der Waals surface area contributed by atoms with E-state index in [4.69, 9.17) is 0 Å². The summed E-state index contributed by atoms with van der Waals surface area (Å²) in [6.45, 7) is 1.76. The summed E-state index contributed by atoms with van der Waals surface area (Å²) >= 11 is 0. The van der Waals surface area contributed by atoms with Gasteiger partial charge in [0.1, 0.15) is 21.2 Å². The summed E-state index contributed by atoms with van der Waals surface area (Å²) in [5.74, 6) is -1.22. The molecule has 0 radical (unpaired) electrons. The van der Waals surface area contributed by atoms with Gasteiger partial charge in [0.15, 0.2) is 0 Å². The van der Waals surface area contributed by atoms with Crippen LogP contribution in [0.3, 0.4) is 0 Å². The van der Waals surface area contributed by atoms with E-state index in [0.29, 0.717) is 18.4 Å². The highest BCUT2D eigenvalue weighted by Gasteiger charge is 2.51. The molecule has 8 heteroatoms. The normalized spacial score (nSPS) is 21.2. The predicted octanol–water partition coefficient (Wildman–Crippen LogP) is 1.81. The monoisotopic (exact) mass is 356 g/mol. The van der Waals surface area contributed by atoms with Gasteiger partial charge in [-0.05, 0) is 24.1 Å². The summed E-state index contributed by atoms with van der Waals surface area (Å²) in [5, 5.41) is 2.69. The van der Waals surface area contributed by atoms with E-state index < -0.39 is 33.1 Å². The third-order valence-electron chi connectivity index (χ3n) is 4.10. The number of benzene rings is 1. The van der Waals surface area contributed by atoms with Gasteiger partial charge in [0.25, 0.3) is 5.91 Å². The molecule has 1 aliphatic rings. The molecule has 1 N–H and O–H groups in total. The number of halogens is 1. The fraction of sp³-hybridized carbons (Fsp3) is 0.500. The first-order valence-electron chi connectivity index (χ1n) is 7.77. The van der Waals surface area contributed by atoms with Crippen molar-refractivity contribution in [2.45, 2.75) is 31.7 Å². The van der Waals surface area contributed by atoms with Crippen molar-refractivity contribution >= 4 is 21.8 Å². The van der Waals surface area contributed by atoms with Crippen LogP contribution < -0.4 is 5.32 Å². The molecule has 24 heavy (non-hydrogen) atoms. The Bertz CT molecular complexity index is 733. The Morgan fingerprint density at radius 3 is 2.38 bits per heavy atom. The van der Waals surface area contributed by atoms with Crippen molar-refractivity contribution in [1.29, 1.82) is 0 Å². The van der Waals surface area contributed by atoms with Gasteiger partial charge < -0.3 is 5.32 Å². The van der Waals surface area contributed by atoms with Gasteiger partial charge in [0.05, 0.1) is 5.75 Å². The van der Waals surface area contributed by atoms with Crippen LogP contribution in [-0.2, 0) is 20.2 Å². The number of nitrogens with zero attached hydrogens (tertiary/aromatic N) is 1. The molecule has 1 aromatic rings. The molecule has 1 heterocycles. The van der Waals surface area contributed by atoms with E-state index >= 15 is 0 Å². The van der Waals surface area contributed by atoms with E-state index in [9.17, 15) is 22.4 Å². The molecular formula is C16H21FN2O4S. The van der Waals surface area contributed by atoms with E-state index in [-0.39, 0.29) is 12.3 Å². The molecule has 0 aliphatic carbocycles. The van der Waals surface area contributed by atoms with Crippen molar-refractivity contribution < 1.29 is 22.4 Å². The maximum absolute atomic E-state index is 13.2. The van der Waals surface area contributed by atoms with Crippen LogP contribution in [0.15, 0.2) is 24.3 Å². The molecule has 1 aliphatic heterocycles. The smallest absolute Gasteiger partial charge is 0.319 e. The first-order chi connectivity index (χ1) is 11.2. The van der Waals surface area contributed by atoms with Gasteiger partial charge in [0.2, 0.25) is 0 Å². The molecule has 3 amide bonds. The van der Waals surface area contributed by atoms with Crippen LogP contribution in [0.2, 0.25) is 0 Å². The maximum atomic E-state index is 13.2. The molecular weight excluding hydrogens is 335 g/mol. The number of carbonyl (C=O) groups excluding carboxylic acids is 2. The Kier molecular flexibility index (Phi) is 5.27. The number of urea groups is 1. The Labute approximate surface area is 140 Å². The summed E-state index contributed by atoms with van der Waals surface area (Å²) in [4.78, 5) is 26.1. The molecule has 0 saturated carbocycles. The van der Waals surface area contributed by atoms with Crippen LogP contribution in [0.1, 0.15) is 31.7 Å². The van der Waals surface area contributed by atoms with Crippen molar-refractivity contribution in [2.24, 2.45) is 0 Å². The van der Waals surface area contributed by atoms with Gasteiger partial charge in [0, 0.05) is 12.8 Å². The molecule has 6 nitrogen and oxygen atoms in total. The Hall–Kier alpha value is -1.96. The molecule has 0 aromatic heterocycles. The molecule has 0 bridgehead atoms. The number of amides is 3. The van der Waals surface area contributed by atoms with Gasteiger partial charge in [-0.3, -0.25) is 9.69 Å². The zero-order valence-electron chi connectivity index (χ0n) is 13.7. The van der Waals surface area contributed by atoms with Crippen LogP contribution >= 0.6 is 0 Å². The highest BCUT2D eigenvalue weighted by atomic mass is 32.2. The number of nitrogens with one attached hydrogen (secondary N) is 1. The zero-order valence-corrected chi connectivity index (χ0v) is 14.5. The molecule has 0 unspecified atom stereocenters. The first kappa shape index (κ1) is 18.4. The third-order valence-corrected chi connectivity index (χ3v) is 5.03. The van der Waals surface area contributed by atoms with E-state index in [1.54, 1.807) is 0 Å². The van der Waals surface area contributed by atoms with E-state index in [1.807, 2.05) is 6.92 Å². The maximum Gasteiger partial charge on any atom is 0.325 e. The van der Waals surface area contributed by atoms with E-state index in [2.05, 4.69) is 5.32 Å². The average Bonchev–Trinajstić information content (AvgIpc) is 2.75. The molecule has 1 atom stereocenters. The SMILES string of the molecule is CCCC[C@]1(c2ccc(F)cc2)NC(=O)N(CCS(C)(=O)=O)C1=O. The van der Waals surface area contributed by atoms with E-state index in [0.717, 1.165) is 17.6 Å². The molecule has 1 aromatic carbocycles. The van der Waals surface area contributed by atoms with Crippen molar-refractivity contribution in [3.05, 3.63) is 35.6 Å². The fourth-order valence-corrected chi connectivity index (χ4v) is 3.29. The van der Waals surface area contributed by atoms with Crippen molar-refractivity contribution in [3.8, 4) is 0 Å². The highest BCUT2D eigenvalue weighted by molar-refractivity contribution is 7.90. The highest BCUT2D eigenvalue weighted by Crippen LogP contribution is 2.34. The van der Waals surface area contributed by atoms with Crippen LogP contribution in [-0.4, -0.2) is 43.8 Å². The largest absolute Gasteiger partial charge is 0.325 e. The Morgan fingerprint density at radius 2 is 1.83 bits per heavy atom. The predicted molar refractivity (Wildman–Crippen MR) is 87.6 cm³/mol. The minimum Gasteiger partial charge on any atom is -0.319 e. The summed E-state index contributed by atoms with van der Waals surface area (Å²) in [6, 6.07) is 4.81. The standard InChI is InChI=1S/C16H21FN2O4S/c1-3-4-9-16(12-5-7-13(17)8-6-12)14(20)19(15(21)18-16)10-11-24(2,22)23/h5-8H,3-4,9-11H2,1-2H3,(H,18,21)/t16-/m1/s1. The van der Waals surface area contributed by atoms with Crippen molar-refractivity contribution in [2.75, 3.05) is 18.6 Å². The average molecular weight is 356 g/mol. The third kappa shape index (κ3) is 3.75. The number of rotatable bonds is 7. The van der Waals surface area contributed by atoms with Gasteiger partial charge in [-0.1, -0.05) is 31.9 Å². The lowest BCUT2D eigenvalue weighted by Gasteiger charge is -2.27. The topological polar surface area (TPSA) is 83.6 Å². The van der Waals surface area contributed by atoms with Crippen LogP contribution in [0.4, 0.5) is 9.18 Å². The second kappa shape index (κ2) is 6.88. The second-order valence-electron chi connectivity index (χ2n) is 6.03. The van der Waals surface area contributed by atoms with Crippen LogP contribution in [0.25, 0.3) is 0 Å². The molecule has 132 valence electrons. The molecule has 1 saturated heterocycles. The van der Waals surface area contributed by atoms with Gasteiger partial charge in [-0.15, -0.1) is 0 Å². The first-order valence-corrected chi connectivity index (χ1v) is 9.83. The lowest BCUT2D eigenvalue weighted by molar-refractivity contribution is -0.131. The van der Waals surface area contributed by atoms with Gasteiger partial charge >= 0.3 is 6.03 Å². The Balaban J connectivity index is 2.35. The van der Waals surface area contributed by atoms with Gasteiger partial charge in [-0.25, -0.2) is 17.6 Å². The number of imide groups is 1. The lowest BCUT2D eigenvalue weighted by Crippen LogP contribution is -2.44. The number of unbranched alkanes of at least 4 members (excludes halogenated alkanes) is 1. The van der Waals surface area contributed by atoms with Crippen molar-refractivity contribution in [3.63, 3.8) is 0 Å². The van der Waals surface area contributed by atoms with Crippen molar-refractivity contribution in [1.82, 2.24) is 10.2 Å². The van der Waals surface area contributed by atoms with Gasteiger partial charge in [-0.2, -0.15) is 0 Å². The summed E-state index contributed by atoms with van der Waals surface area (Å²) in [7, 11) is -3.31. The molecule has 2 rings (SSSR count). The second-order valence-corrected chi connectivity index (χ2v) is 8.29.